The van der Waals surface area contributed by atoms with Crippen LogP contribution in [0, 0.1) is 11.3 Å². The molecule has 0 aliphatic rings. The molecule has 0 rings (SSSR count). The summed E-state index contributed by atoms with van der Waals surface area (Å²) in [6.45, 7) is 1.83. The molecule has 0 aromatic rings. The Hall–Kier alpha value is -1.13. The van der Waals surface area contributed by atoms with E-state index >= 15 is 0 Å². The summed E-state index contributed by atoms with van der Waals surface area (Å²) in [5.74, 6) is -1.61. The Morgan fingerprint density at radius 2 is 2.20 bits per heavy atom. The molecule has 86 valence electrons. The highest BCUT2D eigenvalue weighted by molar-refractivity contribution is 7.90. The molecule has 0 amide bonds. The smallest absolute Gasteiger partial charge is 0.322 e. The van der Waals surface area contributed by atoms with Gasteiger partial charge >= 0.3 is 5.97 Å². The number of nitrogens with one attached hydrogen (secondary N) is 1. The first-order valence-electron chi connectivity index (χ1n) is 4.41. The first-order valence-corrected chi connectivity index (χ1v) is 6.06. The zero-order valence-electron chi connectivity index (χ0n) is 8.69. The van der Waals surface area contributed by atoms with E-state index in [9.17, 15) is 13.2 Å². The first kappa shape index (κ1) is 13.9. The topological polar surface area (TPSA) is 96.3 Å². The van der Waals surface area contributed by atoms with Gasteiger partial charge in [0.2, 0.25) is 10.0 Å². The Balaban J connectivity index is 4.37. The van der Waals surface area contributed by atoms with Crippen LogP contribution >= 0.6 is 0 Å². The van der Waals surface area contributed by atoms with Crippen molar-refractivity contribution >= 4 is 16.0 Å². The van der Waals surface area contributed by atoms with E-state index in [2.05, 4.69) is 9.46 Å². The zero-order chi connectivity index (χ0) is 11.9. The molecule has 1 atom stereocenters. The molecule has 1 unspecified atom stereocenters. The number of nitriles is 1. The summed E-state index contributed by atoms with van der Waals surface area (Å²) in [7, 11) is -2.67. The Bertz CT molecular complexity index is 344. The van der Waals surface area contributed by atoms with Crippen molar-refractivity contribution in [3.8, 4) is 6.07 Å². The Morgan fingerprint density at radius 1 is 1.60 bits per heavy atom. The van der Waals surface area contributed by atoms with Crippen molar-refractivity contribution in [3.05, 3.63) is 0 Å². The second-order valence-electron chi connectivity index (χ2n) is 2.92. The number of ether oxygens (including phenoxy) is 1. The fraction of sp³-hybridized carbons (Fsp3) is 0.750. The van der Waals surface area contributed by atoms with Gasteiger partial charge in [0.25, 0.3) is 0 Å². The van der Waals surface area contributed by atoms with Crippen molar-refractivity contribution in [1.29, 1.82) is 5.26 Å². The van der Waals surface area contributed by atoms with Crippen molar-refractivity contribution in [1.82, 2.24) is 4.72 Å². The summed E-state index contributed by atoms with van der Waals surface area (Å²) >= 11 is 0. The van der Waals surface area contributed by atoms with E-state index in [1.54, 1.807) is 0 Å². The maximum Gasteiger partial charge on any atom is 0.322 e. The molecule has 0 bridgehead atoms. The van der Waals surface area contributed by atoms with E-state index in [-0.39, 0.29) is 0 Å². The number of hydrogen-bond acceptors (Lipinski definition) is 5. The number of methoxy groups -OCH3 is 1. The number of carbonyl (C=O) groups is 1. The lowest BCUT2D eigenvalue weighted by molar-refractivity contribution is -0.137. The highest BCUT2D eigenvalue weighted by atomic mass is 32.2. The van der Waals surface area contributed by atoms with Gasteiger partial charge in [-0.15, -0.1) is 0 Å². The van der Waals surface area contributed by atoms with Crippen LogP contribution in [-0.2, 0) is 19.6 Å². The zero-order valence-corrected chi connectivity index (χ0v) is 9.50. The van der Waals surface area contributed by atoms with E-state index in [1.165, 1.54) is 0 Å². The van der Waals surface area contributed by atoms with Crippen molar-refractivity contribution in [2.24, 2.45) is 0 Å². The number of carbonyl (C=O) groups excluding carboxylic acids is 1. The molecule has 0 saturated carbocycles. The highest BCUT2D eigenvalue weighted by Gasteiger charge is 2.20. The molecule has 0 aliphatic carbocycles. The minimum Gasteiger partial charge on any atom is -0.468 e. The molecule has 0 radical (unpaired) electrons. The summed E-state index contributed by atoms with van der Waals surface area (Å²) in [6, 6.07) is 1.02. The predicted octanol–water partition coefficient (Wildman–Crippen LogP) is -0.229. The summed E-state index contributed by atoms with van der Waals surface area (Å²) < 4.78 is 28.9. The van der Waals surface area contributed by atoms with Crippen LogP contribution in [0.25, 0.3) is 0 Å². The van der Waals surface area contributed by atoms with Crippen LogP contribution in [0.15, 0.2) is 0 Å². The van der Waals surface area contributed by atoms with E-state index in [0.29, 0.717) is 12.8 Å². The quantitative estimate of drug-likeness (QED) is 0.640. The van der Waals surface area contributed by atoms with Gasteiger partial charge in [0.05, 0.1) is 13.2 Å². The minimum absolute atomic E-state index is 0.414. The monoisotopic (exact) mass is 234 g/mol. The number of nitrogens with zero attached hydrogens (tertiary/aromatic N) is 1. The lowest BCUT2D eigenvalue weighted by atomic mass is 10.2. The van der Waals surface area contributed by atoms with Crippen LogP contribution in [0.2, 0.25) is 0 Å². The molecule has 0 saturated heterocycles. The molecule has 0 fully saturated rings. The average Bonchev–Trinajstić information content (AvgIpc) is 2.15. The lowest BCUT2D eigenvalue weighted by Gasteiger charge is -2.09. The van der Waals surface area contributed by atoms with Crippen molar-refractivity contribution < 1.29 is 17.9 Å². The molecule has 1 N–H and O–H groups in total. The Labute approximate surface area is 89.3 Å². The fourth-order valence-electron chi connectivity index (χ4n) is 0.911. The van der Waals surface area contributed by atoms with Gasteiger partial charge < -0.3 is 4.74 Å². The standard InChI is InChI=1S/C8H14N2O4S/c1-3-4-7(5-9)10-15(12,13)6-8(11)14-2/h7,10H,3-4,6H2,1-2H3. The van der Waals surface area contributed by atoms with Gasteiger partial charge in [-0.1, -0.05) is 13.3 Å². The number of sulfonamides is 1. The molecule has 0 aromatic heterocycles. The van der Waals surface area contributed by atoms with Gasteiger partial charge in [-0.05, 0) is 6.42 Å². The third-order valence-corrected chi connectivity index (χ3v) is 2.85. The second-order valence-corrected chi connectivity index (χ2v) is 4.68. The molecule has 6 nitrogen and oxygen atoms in total. The molecule has 0 heterocycles. The maximum atomic E-state index is 11.3. The van der Waals surface area contributed by atoms with E-state index in [1.807, 2.05) is 13.0 Å². The number of esters is 1. The van der Waals surface area contributed by atoms with Crippen molar-refractivity contribution in [2.75, 3.05) is 12.9 Å². The van der Waals surface area contributed by atoms with Crippen LogP contribution in [0.5, 0.6) is 0 Å². The summed E-state index contributed by atoms with van der Waals surface area (Å²) in [6.07, 6.45) is 1.09. The lowest BCUT2D eigenvalue weighted by Crippen LogP contribution is -2.37. The van der Waals surface area contributed by atoms with Crippen molar-refractivity contribution in [3.63, 3.8) is 0 Å². The molecule has 7 heteroatoms. The molecule has 0 spiro atoms. The second kappa shape index (κ2) is 6.37. The van der Waals surface area contributed by atoms with Crippen LogP contribution < -0.4 is 4.72 Å². The third kappa shape index (κ3) is 6.04. The molecular weight excluding hydrogens is 220 g/mol. The van der Waals surface area contributed by atoms with Crippen LogP contribution in [0.1, 0.15) is 19.8 Å². The minimum atomic E-state index is -3.77. The number of rotatable bonds is 6. The highest BCUT2D eigenvalue weighted by Crippen LogP contribution is 1.98. The summed E-state index contributed by atoms with van der Waals surface area (Å²) in [5, 5.41) is 8.62. The van der Waals surface area contributed by atoms with Gasteiger partial charge in [0.1, 0.15) is 6.04 Å². The largest absolute Gasteiger partial charge is 0.468 e. The van der Waals surface area contributed by atoms with Gasteiger partial charge in [0.15, 0.2) is 5.75 Å². The third-order valence-electron chi connectivity index (χ3n) is 1.59. The normalized spacial score (nSPS) is 12.9. The van der Waals surface area contributed by atoms with Gasteiger partial charge in [0, 0.05) is 0 Å². The fourth-order valence-corrected chi connectivity index (χ4v) is 2.03. The molecule has 0 aromatic carbocycles. The Morgan fingerprint density at radius 3 is 2.60 bits per heavy atom. The van der Waals surface area contributed by atoms with Gasteiger partial charge in [-0.3, -0.25) is 4.79 Å². The van der Waals surface area contributed by atoms with E-state index in [4.69, 9.17) is 5.26 Å². The van der Waals surface area contributed by atoms with Crippen LogP contribution in [-0.4, -0.2) is 33.3 Å². The van der Waals surface area contributed by atoms with Crippen LogP contribution in [0.3, 0.4) is 0 Å². The maximum absolute atomic E-state index is 11.3. The summed E-state index contributed by atoms with van der Waals surface area (Å²) in [4.78, 5) is 10.7. The first-order chi connectivity index (χ1) is 6.95. The molecule has 0 aliphatic heterocycles. The van der Waals surface area contributed by atoms with Gasteiger partial charge in [-0.25, -0.2) is 8.42 Å². The molecule has 15 heavy (non-hydrogen) atoms. The van der Waals surface area contributed by atoms with E-state index < -0.39 is 27.8 Å². The molecular formula is C8H14N2O4S. The SMILES string of the molecule is CCCC(C#N)NS(=O)(=O)CC(=O)OC. The van der Waals surface area contributed by atoms with Crippen LogP contribution in [0.4, 0.5) is 0 Å². The number of hydrogen-bond donors (Lipinski definition) is 1. The van der Waals surface area contributed by atoms with Gasteiger partial charge in [-0.2, -0.15) is 9.98 Å². The van der Waals surface area contributed by atoms with E-state index in [0.717, 1.165) is 7.11 Å². The average molecular weight is 234 g/mol. The summed E-state index contributed by atoms with van der Waals surface area (Å²) in [5.41, 5.74) is 0. The van der Waals surface area contributed by atoms with Crippen molar-refractivity contribution in [2.45, 2.75) is 25.8 Å². The predicted molar refractivity (Wildman–Crippen MR) is 53.2 cm³/mol. The Kier molecular flexibility index (Phi) is 5.89.